The largest absolute Gasteiger partial charge is 0.352 e. The Kier molecular flexibility index (Phi) is 8.63. The third kappa shape index (κ3) is 6.61. The quantitative estimate of drug-likeness (QED) is 0.281. The van der Waals surface area contributed by atoms with E-state index in [9.17, 15) is 9.59 Å². The summed E-state index contributed by atoms with van der Waals surface area (Å²) in [6.45, 7) is 4.65. The Morgan fingerprint density at radius 2 is 1.57 bits per heavy atom. The second kappa shape index (κ2) is 12.5. The molecular weight excluding hydrogens is 545 g/mol. The van der Waals surface area contributed by atoms with Gasteiger partial charge in [0.1, 0.15) is 6.54 Å². The lowest BCUT2D eigenvalue weighted by atomic mass is 10.1. The van der Waals surface area contributed by atoms with Crippen molar-refractivity contribution in [2.24, 2.45) is 0 Å². The number of benzene rings is 3. The summed E-state index contributed by atoms with van der Waals surface area (Å²) in [4.78, 5) is 32.3. The van der Waals surface area contributed by atoms with E-state index in [1.165, 1.54) is 0 Å². The van der Waals surface area contributed by atoms with E-state index >= 15 is 0 Å². The van der Waals surface area contributed by atoms with Gasteiger partial charge in [0, 0.05) is 48.9 Å². The second-order valence-corrected chi connectivity index (χ2v) is 10.6. The Balaban J connectivity index is 1.22. The molecule has 0 N–H and O–H groups in total. The number of aryl methyl sites for hydroxylation is 1. The molecule has 2 amide bonds. The molecule has 9 heteroatoms. The van der Waals surface area contributed by atoms with Crippen LogP contribution in [0.1, 0.15) is 21.5 Å². The number of amides is 2. The molecule has 0 saturated carbocycles. The van der Waals surface area contributed by atoms with Gasteiger partial charge in [-0.3, -0.25) is 9.59 Å². The molecule has 0 spiro atoms. The van der Waals surface area contributed by atoms with Crippen LogP contribution in [-0.4, -0.2) is 64.5 Å². The van der Waals surface area contributed by atoms with Crippen LogP contribution in [0.2, 0.25) is 10.0 Å². The lowest BCUT2D eigenvalue weighted by Crippen LogP contribution is -2.52. The fraction of sp³-hybridized carbons (Fsp3) is 0.226. The van der Waals surface area contributed by atoms with Gasteiger partial charge in [-0.1, -0.05) is 71.2 Å². The maximum absolute atomic E-state index is 13.4. The highest BCUT2D eigenvalue weighted by Gasteiger charge is 2.26. The molecule has 204 valence electrons. The predicted octanol–water partition coefficient (Wildman–Crippen LogP) is 5.75. The number of rotatable bonds is 7. The number of nitrogens with zero attached hydrogens (tertiary/aromatic N) is 5. The molecule has 1 aliphatic rings. The zero-order valence-corrected chi connectivity index (χ0v) is 23.6. The predicted molar refractivity (Wildman–Crippen MR) is 159 cm³/mol. The minimum Gasteiger partial charge on any atom is -0.352 e. The summed E-state index contributed by atoms with van der Waals surface area (Å²) in [5.41, 5.74) is 4.05. The van der Waals surface area contributed by atoms with Gasteiger partial charge < -0.3 is 14.7 Å². The number of anilines is 1. The fourth-order valence-electron chi connectivity index (χ4n) is 4.66. The van der Waals surface area contributed by atoms with Gasteiger partial charge in [0.25, 0.3) is 5.91 Å². The van der Waals surface area contributed by atoms with E-state index in [-0.39, 0.29) is 18.4 Å². The first kappa shape index (κ1) is 27.6. The minimum atomic E-state index is -0.160. The molecule has 0 bridgehead atoms. The van der Waals surface area contributed by atoms with Crippen LogP contribution in [-0.2, 0) is 11.3 Å². The highest BCUT2D eigenvalue weighted by atomic mass is 35.5. The van der Waals surface area contributed by atoms with Crippen molar-refractivity contribution >= 4 is 40.8 Å². The SMILES string of the molecule is Cc1ccc(C(=O)N(CC(=O)N2CCN(c3ccc(-c4ccc(Cl)cc4Cl)nn3)CC2)Cc2ccccc2)cc1. The van der Waals surface area contributed by atoms with Gasteiger partial charge in [0.2, 0.25) is 5.91 Å². The Hall–Kier alpha value is -3.94. The molecule has 3 aromatic carbocycles. The van der Waals surface area contributed by atoms with Crippen LogP contribution in [0.15, 0.2) is 84.9 Å². The normalized spacial score (nSPS) is 13.3. The molecule has 0 atom stereocenters. The van der Waals surface area contributed by atoms with Gasteiger partial charge in [0.15, 0.2) is 5.82 Å². The van der Waals surface area contributed by atoms with Crippen LogP contribution >= 0.6 is 23.2 Å². The van der Waals surface area contributed by atoms with Gasteiger partial charge in [-0.15, -0.1) is 10.2 Å². The standard InChI is InChI=1S/C31H29Cl2N5O2/c1-22-7-9-24(10-8-22)31(40)38(20-23-5-3-2-4-6-23)21-30(39)37-17-15-36(16-18-37)29-14-13-28(34-35-29)26-12-11-25(32)19-27(26)33/h2-14,19H,15-18,20-21H2,1H3. The number of carbonyl (C=O) groups is 2. The molecule has 7 nitrogen and oxygen atoms in total. The molecule has 1 fully saturated rings. The summed E-state index contributed by atoms with van der Waals surface area (Å²) in [6, 6.07) is 26.2. The summed E-state index contributed by atoms with van der Waals surface area (Å²) in [5.74, 6) is 0.503. The number of piperazine rings is 1. The highest BCUT2D eigenvalue weighted by Crippen LogP contribution is 2.29. The van der Waals surface area contributed by atoms with Gasteiger partial charge in [-0.25, -0.2) is 0 Å². The Morgan fingerprint density at radius 3 is 2.23 bits per heavy atom. The maximum Gasteiger partial charge on any atom is 0.254 e. The number of carbonyl (C=O) groups excluding carboxylic acids is 2. The van der Waals surface area contributed by atoms with Crippen LogP contribution in [0.5, 0.6) is 0 Å². The monoisotopic (exact) mass is 573 g/mol. The van der Waals surface area contributed by atoms with Crippen molar-refractivity contribution in [1.82, 2.24) is 20.0 Å². The van der Waals surface area contributed by atoms with Crippen molar-refractivity contribution in [1.29, 1.82) is 0 Å². The number of hydrogen-bond donors (Lipinski definition) is 0. The molecule has 0 unspecified atom stereocenters. The first-order valence-electron chi connectivity index (χ1n) is 13.1. The first-order chi connectivity index (χ1) is 19.4. The van der Waals surface area contributed by atoms with Gasteiger partial charge in [-0.2, -0.15) is 0 Å². The van der Waals surface area contributed by atoms with E-state index in [4.69, 9.17) is 23.2 Å². The van der Waals surface area contributed by atoms with E-state index < -0.39 is 0 Å². The molecule has 5 rings (SSSR count). The second-order valence-electron chi connectivity index (χ2n) is 9.78. The Labute approximate surface area is 243 Å². The van der Waals surface area contributed by atoms with Crippen molar-refractivity contribution in [3.8, 4) is 11.3 Å². The van der Waals surface area contributed by atoms with Crippen molar-refractivity contribution < 1.29 is 9.59 Å². The van der Waals surface area contributed by atoms with Gasteiger partial charge in [0.05, 0.1) is 10.7 Å². The van der Waals surface area contributed by atoms with Crippen molar-refractivity contribution in [2.45, 2.75) is 13.5 Å². The fourth-order valence-corrected chi connectivity index (χ4v) is 5.17. The van der Waals surface area contributed by atoms with Crippen LogP contribution in [0.3, 0.4) is 0 Å². The van der Waals surface area contributed by atoms with E-state index in [1.54, 1.807) is 17.0 Å². The zero-order valence-electron chi connectivity index (χ0n) is 22.1. The van der Waals surface area contributed by atoms with Crippen LogP contribution in [0.4, 0.5) is 5.82 Å². The summed E-state index contributed by atoms with van der Waals surface area (Å²) in [7, 11) is 0. The number of halogens is 2. The number of aromatic nitrogens is 2. The smallest absolute Gasteiger partial charge is 0.254 e. The molecule has 1 aromatic heterocycles. The highest BCUT2D eigenvalue weighted by molar-refractivity contribution is 6.36. The van der Waals surface area contributed by atoms with E-state index in [2.05, 4.69) is 15.1 Å². The maximum atomic E-state index is 13.4. The van der Waals surface area contributed by atoms with Gasteiger partial charge in [-0.05, 0) is 55.0 Å². The minimum absolute atomic E-state index is 0.0119. The summed E-state index contributed by atoms with van der Waals surface area (Å²) >= 11 is 12.3. The van der Waals surface area contributed by atoms with E-state index in [0.29, 0.717) is 54.0 Å². The molecular formula is C31H29Cl2N5O2. The van der Waals surface area contributed by atoms with Gasteiger partial charge >= 0.3 is 0 Å². The topological polar surface area (TPSA) is 69.6 Å². The lowest BCUT2D eigenvalue weighted by molar-refractivity contribution is -0.132. The van der Waals surface area contributed by atoms with E-state index in [1.807, 2.05) is 84.6 Å². The summed E-state index contributed by atoms with van der Waals surface area (Å²) < 4.78 is 0. The van der Waals surface area contributed by atoms with Crippen LogP contribution in [0, 0.1) is 6.92 Å². The molecule has 1 saturated heterocycles. The molecule has 0 aliphatic carbocycles. The average molecular weight is 575 g/mol. The zero-order chi connectivity index (χ0) is 28.1. The molecule has 40 heavy (non-hydrogen) atoms. The molecule has 0 radical (unpaired) electrons. The Morgan fingerprint density at radius 1 is 0.850 bits per heavy atom. The van der Waals surface area contributed by atoms with Crippen LogP contribution in [0.25, 0.3) is 11.3 Å². The lowest BCUT2D eigenvalue weighted by Gasteiger charge is -2.36. The van der Waals surface area contributed by atoms with E-state index in [0.717, 1.165) is 22.5 Å². The molecule has 1 aliphatic heterocycles. The van der Waals surface area contributed by atoms with Crippen LogP contribution < -0.4 is 4.90 Å². The Bertz CT molecular complexity index is 1470. The average Bonchev–Trinajstić information content (AvgIpc) is 2.98. The first-order valence-corrected chi connectivity index (χ1v) is 13.8. The van der Waals surface area contributed by atoms with Crippen molar-refractivity contribution in [3.05, 3.63) is 112 Å². The third-order valence-electron chi connectivity index (χ3n) is 6.94. The molecule has 4 aromatic rings. The summed E-state index contributed by atoms with van der Waals surface area (Å²) in [6.07, 6.45) is 0. The van der Waals surface area contributed by atoms with Crippen molar-refractivity contribution in [2.75, 3.05) is 37.6 Å². The molecule has 2 heterocycles. The summed E-state index contributed by atoms with van der Waals surface area (Å²) in [5, 5.41) is 9.84. The van der Waals surface area contributed by atoms with Crippen molar-refractivity contribution in [3.63, 3.8) is 0 Å². The third-order valence-corrected chi connectivity index (χ3v) is 7.49. The number of hydrogen-bond acceptors (Lipinski definition) is 5.